The van der Waals surface area contributed by atoms with Crippen LogP contribution in [0.4, 0.5) is 5.69 Å². The van der Waals surface area contributed by atoms with E-state index in [0.717, 1.165) is 14.3 Å². The molecular weight excluding hydrogens is 526 g/mol. The van der Waals surface area contributed by atoms with E-state index in [2.05, 4.69) is 21.2 Å². The van der Waals surface area contributed by atoms with Gasteiger partial charge in [-0.05, 0) is 43.7 Å². The number of likely N-dealkylation sites (N-methyl/N-ethyl adjacent to an activating group) is 1. The molecule has 0 bridgehead atoms. The van der Waals surface area contributed by atoms with Gasteiger partial charge < -0.3 is 19.7 Å². The first-order valence-corrected chi connectivity index (χ1v) is 13.2. The minimum atomic E-state index is -3.82. The Morgan fingerprint density at radius 2 is 1.74 bits per heavy atom. The number of hydrogen-bond acceptors (Lipinski definition) is 6. The highest BCUT2D eigenvalue weighted by atomic mass is 79.9. The molecule has 0 unspecified atom stereocenters. The van der Waals surface area contributed by atoms with Crippen molar-refractivity contribution < 1.29 is 27.5 Å². The Bertz CT molecular complexity index is 1140. The number of rotatable bonds is 9. The number of ether oxygens (including phenoxy) is 2. The monoisotopic (exact) mass is 553 g/mol. The van der Waals surface area contributed by atoms with Crippen LogP contribution in [0, 0.1) is 0 Å². The van der Waals surface area contributed by atoms with E-state index in [1.54, 1.807) is 25.1 Å². The molecule has 3 rings (SSSR count). The lowest BCUT2D eigenvalue weighted by molar-refractivity contribution is -0.139. The van der Waals surface area contributed by atoms with Crippen molar-refractivity contribution in [2.75, 3.05) is 36.9 Å². The third-order valence-corrected chi connectivity index (χ3v) is 7.74. The second-order valence-corrected chi connectivity index (χ2v) is 10.8. The van der Waals surface area contributed by atoms with E-state index in [1.165, 1.54) is 18.9 Å². The maximum atomic E-state index is 13.5. The van der Waals surface area contributed by atoms with E-state index in [4.69, 9.17) is 9.47 Å². The molecule has 1 aliphatic heterocycles. The summed E-state index contributed by atoms with van der Waals surface area (Å²) in [4.78, 5) is 27.3. The van der Waals surface area contributed by atoms with Crippen LogP contribution in [-0.2, 0) is 26.2 Å². The minimum Gasteiger partial charge on any atom is -0.486 e. The number of carbonyl (C=O) groups is 2. The highest BCUT2D eigenvalue weighted by Crippen LogP contribution is 2.35. The Balaban J connectivity index is 1.94. The molecule has 1 heterocycles. The SMILES string of the molecule is CCS(=O)(=O)N(CC(=O)N(Cc1ccc(Br)cc1)[C@@H](C)C(=O)NC)c1ccc2c(c1)OCCO2. The molecule has 1 N–H and O–H groups in total. The summed E-state index contributed by atoms with van der Waals surface area (Å²) in [6.45, 7) is 3.55. The van der Waals surface area contributed by atoms with Crippen molar-refractivity contribution in [2.24, 2.45) is 0 Å². The normalized spacial score (nSPS) is 13.6. The van der Waals surface area contributed by atoms with E-state index >= 15 is 0 Å². The predicted octanol–water partition coefficient (Wildman–Crippen LogP) is 2.54. The van der Waals surface area contributed by atoms with Gasteiger partial charge in [-0.25, -0.2) is 8.42 Å². The van der Waals surface area contributed by atoms with Gasteiger partial charge in [0.1, 0.15) is 25.8 Å². The van der Waals surface area contributed by atoms with Crippen LogP contribution in [0.2, 0.25) is 0 Å². The summed E-state index contributed by atoms with van der Waals surface area (Å²) in [5.74, 6) is -0.134. The van der Waals surface area contributed by atoms with Crippen molar-refractivity contribution in [3.8, 4) is 11.5 Å². The number of fused-ring (bicyclic) bond motifs is 1. The molecule has 0 aliphatic carbocycles. The van der Waals surface area contributed by atoms with Gasteiger partial charge in [0.2, 0.25) is 21.8 Å². The molecule has 11 heteroatoms. The van der Waals surface area contributed by atoms with Gasteiger partial charge in [0.15, 0.2) is 11.5 Å². The Kier molecular flexibility index (Phi) is 8.42. The van der Waals surface area contributed by atoms with Crippen LogP contribution in [0.1, 0.15) is 19.4 Å². The molecule has 1 aliphatic rings. The van der Waals surface area contributed by atoms with E-state index in [1.807, 2.05) is 24.3 Å². The number of anilines is 1. The topological polar surface area (TPSA) is 105 Å². The van der Waals surface area contributed by atoms with E-state index in [9.17, 15) is 18.0 Å². The highest BCUT2D eigenvalue weighted by molar-refractivity contribution is 9.10. The molecular formula is C23H28BrN3O6S. The fourth-order valence-corrected chi connectivity index (χ4v) is 4.80. The van der Waals surface area contributed by atoms with Gasteiger partial charge in [-0.1, -0.05) is 28.1 Å². The molecule has 2 aromatic carbocycles. The minimum absolute atomic E-state index is 0.141. The van der Waals surface area contributed by atoms with E-state index in [-0.39, 0.29) is 23.9 Å². The fourth-order valence-electron chi connectivity index (χ4n) is 3.48. The van der Waals surface area contributed by atoms with Gasteiger partial charge >= 0.3 is 0 Å². The Morgan fingerprint density at radius 1 is 1.09 bits per heavy atom. The van der Waals surface area contributed by atoms with Crippen LogP contribution in [0.3, 0.4) is 0 Å². The Hall–Kier alpha value is -2.79. The largest absolute Gasteiger partial charge is 0.486 e. The van der Waals surface area contributed by atoms with Crippen LogP contribution in [0.5, 0.6) is 11.5 Å². The van der Waals surface area contributed by atoms with E-state index in [0.29, 0.717) is 24.7 Å². The van der Waals surface area contributed by atoms with Crippen molar-refractivity contribution in [1.29, 1.82) is 0 Å². The van der Waals surface area contributed by atoms with Gasteiger partial charge in [0, 0.05) is 24.1 Å². The highest BCUT2D eigenvalue weighted by Gasteiger charge is 2.31. The summed E-state index contributed by atoms with van der Waals surface area (Å²) in [6.07, 6.45) is 0. The van der Waals surface area contributed by atoms with Crippen molar-refractivity contribution in [3.63, 3.8) is 0 Å². The van der Waals surface area contributed by atoms with Crippen molar-refractivity contribution in [2.45, 2.75) is 26.4 Å². The average Bonchev–Trinajstić information content (AvgIpc) is 2.85. The van der Waals surface area contributed by atoms with Gasteiger partial charge in [-0.15, -0.1) is 0 Å². The number of nitrogens with one attached hydrogen (secondary N) is 1. The third-order valence-electron chi connectivity index (χ3n) is 5.47. The van der Waals surface area contributed by atoms with Crippen LogP contribution in [0.25, 0.3) is 0 Å². The summed E-state index contributed by atoms with van der Waals surface area (Å²) in [7, 11) is -2.33. The maximum Gasteiger partial charge on any atom is 0.244 e. The summed E-state index contributed by atoms with van der Waals surface area (Å²) in [5, 5.41) is 2.55. The molecule has 0 radical (unpaired) electrons. The van der Waals surface area contributed by atoms with Crippen molar-refractivity contribution in [3.05, 3.63) is 52.5 Å². The first-order valence-electron chi connectivity index (χ1n) is 10.8. The number of halogens is 1. The van der Waals surface area contributed by atoms with Crippen molar-refractivity contribution >= 4 is 43.5 Å². The second kappa shape index (κ2) is 11.1. The van der Waals surface area contributed by atoms with Crippen LogP contribution < -0.4 is 19.1 Å². The summed E-state index contributed by atoms with van der Waals surface area (Å²) in [6, 6.07) is 11.3. The smallest absolute Gasteiger partial charge is 0.244 e. The zero-order valence-electron chi connectivity index (χ0n) is 19.3. The zero-order valence-corrected chi connectivity index (χ0v) is 21.7. The molecule has 0 fully saturated rings. The lowest BCUT2D eigenvalue weighted by Crippen LogP contribution is -2.51. The number of carbonyl (C=O) groups excluding carboxylic acids is 2. The molecule has 0 saturated carbocycles. The Labute approximate surface area is 208 Å². The third kappa shape index (κ3) is 6.01. The van der Waals surface area contributed by atoms with Crippen LogP contribution in [0.15, 0.2) is 46.9 Å². The Morgan fingerprint density at radius 3 is 2.35 bits per heavy atom. The molecule has 0 spiro atoms. The lowest BCUT2D eigenvalue weighted by atomic mass is 10.1. The summed E-state index contributed by atoms with van der Waals surface area (Å²) in [5.41, 5.74) is 1.09. The second-order valence-electron chi connectivity index (χ2n) is 7.67. The number of hydrogen-bond donors (Lipinski definition) is 1. The molecule has 9 nitrogen and oxygen atoms in total. The molecule has 1 atom stereocenters. The number of sulfonamides is 1. The van der Waals surface area contributed by atoms with Crippen molar-refractivity contribution in [1.82, 2.24) is 10.2 Å². The number of amides is 2. The molecule has 0 aromatic heterocycles. The van der Waals surface area contributed by atoms with Gasteiger partial charge in [-0.2, -0.15) is 0 Å². The molecule has 2 amide bonds. The summed E-state index contributed by atoms with van der Waals surface area (Å²) >= 11 is 3.38. The first kappa shape index (κ1) is 25.8. The quantitative estimate of drug-likeness (QED) is 0.511. The number of nitrogens with zero attached hydrogens (tertiary/aromatic N) is 2. The van der Waals surface area contributed by atoms with Gasteiger partial charge in [-0.3, -0.25) is 13.9 Å². The lowest BCUT2D eigenvalue weighted by Gasteiger charge is -2.32. The molecule has 34 heavy (non-hydrogen) atoms. The number of benzene rings is 2. The predicted molar refractivity (Wildman–Crippen MR) is 132 cm³/mol. The van der Waals surface area contributed by atoms with Gasteiger partial charge in [0.25, 0.3) is 0 Å². The van der Waals surface area contributed by atoms with Crippen LogP contribution in [-0.4, -0.2) is 63.7 Å². The van der Waals surface area contributed by atoms with E-state index < -0.39 is 28.5 Å². The summed E-state index contributed by atoms with van der Waals surface area (Å²) < 4.78 is 39.0. The van der Waals surface area contributed by atoms with Gasteiger partial charge in [0.05, 0.1) is 11.4 Å². The standard InChI is InChI=1S/C23H28BrN3O6S/c1-4-34(30,31)27(19-9-10-20-21(13-19)33-12-11-32-20)15-22(28)26(16(2)23(29)25-3)14-17-5-7-18(24)8-6-17/h5-10,13,16H,4,11-12,14-15H2,1-3H3,(H,25,29)/t16-/m0/s1. The average molecular weight is 554 g/mol. The zero-order chi connectivity index (χ0) is 24.9. The molecule has 184 valence electrons. The van der Waals surface area contributed by atoms with Crippen LogP contribution >= 0.6 is 15.9 Å². The fraction of sp³-hybridized carbons (Fsp3) is 0.391. The first-order chi connectivity index (χ1) is 16.2. The maximum absolute atomic E-state index is 13.5. The molecule has 2 aromatic rings. The molecule has 0 saturated heterocycles.